The molecule has 6 nitrogen and oxygen atoms in total. The number of anilines is 1. The minimum absolute atomic E-state index is 0.152. The van der Waals surface area contributed by atoms with Gasteiger partial charge in [0.25, 0.3) is 0 Å². The van der Waals surface area contributed by atoms with Crippen LogP contribution in [0.4, 0.5) is 5.69 Å². The fourth-order valence-electron chi connectivity index (χ4n) is 3.02. The molecule has 0 aromatic heterocycles. The van der Waals surface area contributed by atoms with Crippen LogP contribution in [0, 0.1) is 13.8 Å². The summed E-state index contributed by atoms with van der Waals surface area (Å²) in [4.78, 5) is 25.0. The first kappa shape index (κ1) is 22.6. The van der Waals surface area contributed by atoms with Gasteiger partial charge in [-0.3, -0.25) is 9.59 Å². The number of benzene rings is 2. The second kappa shape index (κ2) is 12.0. The van der Waals surface area contributed by atoms with Crippen LogP contribution in [0.25, 0.3) is 0 Å². The monoisotopic (exact) mass is 396 g/mol. The van der Waals surface area contributed by atoms with Gasteiger partial charge in [0.1, 0.15) is 6.04 Å². The quantitative estimate of drug-likeness (QED) is 0.439. The van der Waals surface area contributed by atoms with Crippen LogP contribution in [0.15, 0.2) is 48.5 Å². The number of carbonyl (C=O) groups is 2. The largest absolute Gasteiger partial charge is 0.343 e. The average molecular weight is 397 g/mol. The molecule has 0 aliphatic heterocycles. The molecule has 6 heteroatoms. The molecule has 0 saturated heterocycles. The molecule has 29 heavy (non-hydrogen) atoms. The predicted molar refractivity (Wildman–Crippen MR) is 118 cm³/mol. The highest BCUT2D eigenvalue weighted by atomic mass is 16.2. The molecule has 0 spiro atoms. The lowest BCUT2D eigenvalue weighted by atomic mass is 10.1. The van der Waals surface area contributed by atoms with Gasteiger partial charge in [0.2, 0.25) is 11.8 Å². The summed E-state index contributed by atoms with van der Waals surface area (Å²) in [5.74, 6) is -0.410. The van der Waals surface area contributed by atoms with Crippen molar-refractivity contribution in [3.63, 3.8) is 0 Å². The van der Waals surface area contributed by atoms with Crippen molar-refractivity contribution in [1.82, 2.24) is 10.6 Å². The van der Waals surface area contributed by atoms with Crippen molar-refractivity contribution in [3.05, 3.63) is 65.2 Å². The summed E-state index contributed by atoms with van der Waals surface area (Å²) in [5.41, 5.74) is 9.70. The van der Waals surface area contributed by atoms with Crippen LogP contribution < -0.4 is 21.7 Å². The first-order valence-electron chi connectivity index (χ1n) is 10.1. The summed E-state index contributed by atoms with van der Waals surface area (Å²) in [5, 5.41) is 8.87. The number of rotatable bonds is 11. The van der Waals surface area contributed by atoms with E-state index in [4.69, 9.17) is 5.73 Å². The number of nitrogens with two attached hydrogens (primary N) is 1. The molecule has 0 aliphatic rings. The Morgan fingerprint density at radius 2 is 1.76 bits per heavy atom. The van der Waals surface area contributed by atoms with E-state index in [1.54, 1.807) is 0 Å². The Balaban J connectivity index is 1.87. The fourth-order valence-corrected chi connectivity index (χ4v) is 3.02. The number of unbranched alkanes of at least 4 members (excludes halogenated alkanes) is 1. The van der Waals surface area contributed by atoms with Crippen molar-refractivity contribution < 1.29 is 9.59 Å². The van der Waals surface area contributed by atoms with Crippen molar-refractivity contribution in [2.24, 2.45) is 5.73 Å². The zero-order chi connectivity index (χ0) is 21.1. The standard InChI is InChI=1S/C23H32N4O2/c1-17-9-11-20(12-10-17)26-23(29)21(8-3-4-13-24)27-22(28)16-25-15-19-7-5-6-18(2)14-19/h5-7,9-12,14,21,25H,3-4,8,13,15-16,24H2,1-2H3,(H,26,29)(H,27,28)/t21-/m0/s1. The molecule has 2 rings (SSSR count). The Labute approximate surface area is 173 Å². The molecule has 2 aromatic carbocycles. The lowest BCUT2D eigenvalue weighted by molar-refractivity contribution is -0.126. The first-order chi connectivity index (χ1) is 14.0. The molecule has 0 saturated carbocycles. The van der Waals surface area contributed by atoms with Gasteiger partial charge in [-0.15, -0.1) is 0 Å². The van der Waals surface area contributed by atoms with Crippen LogP contribution in [-0.2, 0) is 16.1 Å². The van der Waals surface area contributed by atoms with Crippen molar-refractivity contribution >= 4 is 17.5 Å². The third kappa shape index (κ3) is 8.46. The smallest absolute Gasteiger partial charge is 0.246 e. The van der Waals surface area contributed by atoms with Gasteiger partial charge in [0, 0.05) is 12.2 Å². The van der Waals surface area contributed by atoms with Gasteiger partial charge >= 0.3 is 0 Å². The topological polar surface area (TPSA) is 96.2 Å². The molecular formula is C23H32N4O2. The molecule has 5 N–H and O–H groups in total. The molecule has 0 radical (unpaired) electrons. The molecule has 0 bridgehead atoms. The van der Waals surface area contributed by atoms with Crippen LogP contribution in [0.2, 0.25) is 0 Å². The highest BCUT2D eigenvalue weighted by Gasteiger charge is 2.20. The summed E-state index contributed by atoms with van der Waals surface area (Å²) in [7, 11) is 0. The molecule has 0 fully saturated rings. The Morgan fingerprint density at radius 3 is 2.45 bits per heavy atom. The maximum atomic E-state index is 12.7. The number of hydrogen-bond donors (Lipinski definition) is 4. The molecule has 2 amide bonds. The summed E-state index contributed by atoms with van der Waals surface area (Å²) in [6.07, 6.45) is 2.15. The summed E-state index contributed by atoms with van der Waals surface area (Å²) in [6, 6.07) is 15.1. The van der Waals surface area contributed by atoms with Gasteiger partial charge in [-0.05, 0) is 57.4 Å². The molecule has 1 atom stereocenters. The summed E-state index contributed by atoms with van der Waals surface area (Å²) >= 11 is 0. The van der Waals surface area contributed by atoms with Crippen LogP contribution >= 0.6 is 0 Å². The van der Waals surface area contributed by atoms with Crippen molar-refractivity contribution in [3.8, 4) is 0 Å². The molecular weight excluding hydrogens is 364 g/mol. The third-order valence-corrected chi connectivity index (χ3v) is 4.61. The second-order valence-corrected chi connectivity index (χ2v) is 7.35. The molecule has 0 heterocycles. The molecule has 2 aromatic rings. The molecule has 0 unspecified atom stereocenters. The van der Waals surface area contributed by atoms with E-state index in [1.807, 2.05) is 56.3 Å². The number of amides is 2. The number of aryl methyl sites for hydroxylation is 2. The SMILES string of the molecule is Cc1ccc(NC(=O)[C@H](CCCCN)NC(=O)CNCc2cccc(C)c2)cc1. The van der Waals surface area contributed by atoms with Crippen molar-refractivity contribution in [2.45, 2.75) is 45.7 Å². The van der Waals surface area contributed by atoms with Crippen LogP contribution in [0.3, 0.4) is 0 Å². The highest BCUT2D eigenvalue weighted by molar-refractivity contribution is 5.97. The van der Waals surface area contributed by atoms with E-state index >= 15 is 0 Å². The zero-order valence-electron chi connectivity index (χ0n) is 17.3. The summed E-state index contributed by atoms with van der Waals surface area (Å²) in [6.45, 7) is 5.35. The normalized spacial score (nSPS) is 11.7. The molecule has 156 valence electrons. The maximum absolute atomic E-state index is 12.7. The van der Waals surface area contributed by atoms with E-state index in [9.17, 15) is 9.59 Å². The van der Waals surface area contributed by atoms with Crippen molar-refractivity contribution in [2.75, 3.05) is 18.4 Å². The Bertz CT molecular complexity index is 790. The van der Waals surface area contributed by atoms with Crippen LogP contribution in [-0.4, -0.2) is 30.9 Å². The van der Waals surface area contributed by atoms with Gasteiger partial charge in [-0.1, -0.05) is 47.5 Å². The lowest BCUT2D eigenvalue weighted by Crippen LogP contribution is -2.46. The maximum Gasteiger partial charge on any atom is 0.246 e. The molecule has 0 aliphatic carbocycles. The van der Waals surface area contributed by atoms with E-state index in [0.717, 1.165) is 29.7 Å². The van der Waals surface area contributed by atoms with E-state index in [1.165, 1.54) is 5.56 Å². The Morgan fingerprint density at radius 1 is 1.00 bits per heavy atom. The van der Waals surface area contributed by atoms with Crippen LogP contribution in [0.5, 0.6) is 0 Å². The lowest BCUT2D eigenvalue weighted by Gasteiger charge is -2.19. The fraction of sp³-hybridized carbons (Fsp3) is 0.391. The summed E-state index contributed by atoms with van der Waals surface area (Å²) < 4.78 is 0. The average Bonchev–Trinajstić information content (AvgIpc) is 2.69. The van der Waals surface area contributed by atoms with Gasteiger partial charge in [0.15, 0.2) is 0 Å². The van der Waals surface area contributed by atoms with Gasteiger partial charge in [0.05, 0.1) is 6.54 Å². The minimum Gasteiger partial charge on any atom is -0.343 e. The predicted octanol–water partition coefficient (Wildman–Crippen LogP) is 2.65. The van der Waals surface area contributed by atoms with Gasteiger partial charge < -0.3 is 21.7 Å². The van der Waals surface area contributed by atoms with E-state index in [2.05, 4.69) is 22.0 Å². The van der Waals surface area contributed by atoms with Crippen LogP contribution in [0.1, 0.15) is 36.0 Å². The third-order valence-electron chi connectivity index (χ3n) is 4.61. The van der Waals surface area contributed by atoms with Gasteiger partial charge in [-0.2, -0.15) is 0 Å². The Kier molecular flexibility index (Phi) is 9.34. The number of hydrogen-bond acceptors (Lipinski definition) is 4. The Hall–Kier alpha value is -2.70. The number of carbonyl (C=O) groups excluding carboxylic acids is 2. The number of nitrogens with one attached hydrogen (secondary N) is 3. The zero-order valence-corrected chi connectivity index (χ0v) is 17.3. The van der Waals surface area contributed by atoms with Crippen molar-refractivity contribution in [1.29, 1.82) is 0 Å². The van der Waals surface area contributed by atoms with E-state index in [0.29, 0.717) is 19.5 Å². The second-order valence-electron chi connectivity index (χ2n) is 7.35. The van der Waals surface area contributed by atoms with Gasteiger partial charge in [-0.25, -0.2) is 0 Å². The minimum atomic E-state index is -0.587. The van der Waals surface area contributed by atoms with E-state index < -0.39 is 6.04 Å². The highest BCUT2D eigenvalue weighted by Crippen LogP contribution is 2.11. The van der Waals surface area contributed by atoms with E-state index in [-0.39, 0.29) is 18.4 Å². The first-order valence-corrected chi connectivity index (χ1v) is 10.1.